The highest BCUT2D eigenvalue weighted by Crippen LogP contribution is 2.44. The van der Waals surface area contributed by atoms with Gasteiger partial charge in [0.25, 0.3) is 5.67 Å². The van der Waals surface area contributed by atoms with E-state index in [0.717, 1.165) is 23.4 Å². The molecule has 330 valence electrons. The molecule has 0 radical (unpaired) electrons. The van der Waals surface area contributed by atoms with Crippen LogP contribution >= 0.6 is 0 Å². The number of alkyl halides is 1. The fourth-order valence-corrected chi connectivity index (χ4v) is 9.71. The molecule has 1 aromatic carbocycles. The number of carbonyl (C=O) groups is 3. The van der Waals surface area contributed by atoms with Gasteiger partial charge in [-0.1, -0.05) is 52.0 Å². The molecule has 3 fully saturated rings. The number of methoxy groups -OCH3 is 1. The van der Waals surface area contributed by atoms with E-state index in [-0.39, 0.29) is 24.5 Å². The highest BCUT2D eigenvalue weighted by molar-refractivity contribution is 6.07. The summed E-state index contributed by atoms with van der Waals surface area (Å²) in [5, 5.41) is 16.0. The summed E-state index contributed by atoms with van der Waals surface area (Å²) in [6.45, 7) is 16.0. The van der Waals surface area contributed by atoms with Crippen molar-refractivity contribution in [3.05, 3.63) is 42.1 Å². The number of para-hydroxylation sites is 1. The number of nitrogens with two attached hydrogens (primary N) is 1. The number of aryl methyl sites for hydroxylation is 1. The first-order chi connectivity index (χ1) is 27.6. The Kier molecular flexibility index (Phi) is 14.5. The Morgan fingerprint density at radius 3 is 2.39 bits per heavy atom. The molecule has 0 aliphatic carbocycles. The number of amides is 1. The first-order valence-corrected chi connectivity index (χ1v) is 21.1. The number of cyclic esters (lactones) is 1. The number of hydrogen-bond acceptors (Lipinski definition) is 13. The smallest absolute Gasteiger partial charge is 0.425 e. The van der Waals surface area contributed by atoms with Gasteiger partial charge >= 0.3 is 12.1 Å². The lowest BCUT2D eigenvalue weighted by Crippen LogP contribution is -2.64. The second-order valence-corrected chi connectivity index (χ2v) is 18.0. The summed E-state index contributed by atoms with van der Waals surface area (Å²) < 4.78 is 47.8. The third kappa shape index (κ3) is 9.17. The minimum absolute atomic E-state index is 0.213. The molecule has 2 unspecified atom stereocenters. The maximum Gasteiger partial charge on any atom is 0.425 e. The average Bonchev–Trinajstić information content (AvgIpc) is 3.47. The van der Waals surface area contributed by atoms with Gasteiger partial charge in [-0.15, -0.1) is 0 Å². The van der Waals surface area contributed by atoms with Gasteiger partial charge in [0, 0.05) is 49.8 Å². The van der Waals surface area contributed by atoms with Gasteiger partial charge in [0.15, 0.2) is 17.7 Å². The molecule has 1 amide bonds. The number of hydrogen-bond donors (Lipinski definition) is 2. The molecule has 1 aromatic heterocycles. The van der Waals surface area contributed by atoms with Crippen LogP contribution in [0.3, 0.4) is 0 Å². The van der Waals surface area contributed by atoms with Crippen LogP contribution in [0, 0.1) is 17.8 Å². The van der Waals surface area contributed by atoms with Crippen LogP contribution in [0.15, 0.2) is 36.5 Å². The van der Waals surface area contributed by atoms with E-state index in [1.165, 1.54) is 14.0 Å². The summed E-state index contributed by atoms with van der Waals surface area (Å²) in [5.74, 6) is -4.65. The number of benzene rings is 1. The van der Waals surface area contributed by atoms with E-state index in [9.17, 15) is 19.5 Å². The van der Waals surface area contributed by atoms with Crippen LogP contribution in [0.2, 0.25) is 0 Å². The maximum atomic E-state index is 16.9. The van der Waals surface area contributed by atoms with E-state index < -0.39 is 83.2 Å². The van der Waals surface area contributed by atoms with E-state index in [4.69, 9.17) is 29.4 Å². The molecule has 3 aliphatic rings. The minimum Gasteiger partial charge on any atom is -0.456 e. The molecule has 0 saturated carbocycles. The van der Waals surface area contributed by atoms with Crippen molar-refractivity contribution in [3.63, 3.8) is 0 Å². The number of Topliss-reactive ketones (excluding diaryl/α,β-unsaturated/α-hetero) is 1. The number of ether oxygens (including phenoxy) is 5. The number of ketones is 1. The number of aromatic nitrogens is 1. The van der Waals surface area contributed by atoms with E-state index in [0.29, 0.717) is 32.4 Å². The number of nitrogens with zero attached hydrogens (tertiary/aromatic N) is 4. The number of rotatable bonds is 10. The zero-order chi connectivity index (χ0) is 43.8. The van der Waals surface area contributed by atoms with Crippen LogP contribution in [-0.4, -0.2) is 143 Å². The lowest BCUT2D eigenvalue weighted by atomic mass is 9.72. The van der Waals surface area contributed by atoms with E-state index >= 15 is 4.39 Å². The van der Waals surface area contributed by atoms with Crippen molar-refractivity contribution in [2.24, 2.45) is 23.5 Å². The highest BCUT2D eigenvalue weighted by Gasteiger charge is 2.62. The van der Waals surface area contributed by atoms with Crippen LogP contribution < -0.4 is 5.73 Å². The maximum absolute atomic E-state index is 16.9. The molecule has 0 bridgehead atoms. The van der Waals surface area contributed by atoms with E-state index in [1.807, 2.05) is 76.0 Å². The number of aliphatic hydroxyl groups is 1. The van der Waals surface area contributed by atoms with Gasteiger partial charge in [-0.25, -0.2) is 24.0 Å². The molecule has 0 spiro atoms. The van der Waals surface area contributed by atoms with Gasteiger partial charge < -0.3 is 39.4 Å². The largest absolute Gasteiger partial charge is 0.456 e. The summed E-state index contributed by atoms with van der Waals surface area (Å²) >= 11 is 0. The fraction of sp³-hybridized carbons (Fsp3) is 0.727. The fourth-order valence-electron chi connectivity index (χ4n) is 9.71. The Labute approximate surface area is 349 Å². The Morgan fingerprint density at radius 1 is 1.07 bits per heavy atom. The summed E-state index contributed by atoms with van der Waals surface area (Å²) in [7, 11) is 5.17. The molecule has 2 aromatic rings. The van der Waals surface area contributed by atoms with Crippen LogP contribution in [0.1, 0.15) is 87.1 Å². The first-order valence-electron chi connectivity index (χ1n) is 21.1. The molecule has 3 aliphatic heterocycles. The van der Waals surface area contributed by atoms with Crippen molar-refractivity contribution in [2.45, 2.75) is 154 Å². The summed E-state index contributed by atoms with van der Waals surface area (Å²) in [6.07, 6.45) is -1.79. The Balaban J connectivity index is 1.51. The Hall–Kier alpha value is -3.31. The Bertz CT molecular complexity index is 1800. The molecule has 15 heteroatoms. The number of likely N-dealkylation sites (N-methyl/N-ethyl adjacent to an activating group) is 1. The predicted octanol–water partition coefficient (Wildman–Crippen LogP) is 5.07. The van der Waals surface area contributed by atoms with Gasteiger partial charge in [0.2, 0.25) is 0 Å². The van der Waals surface area contributed by atoms with Crippen LogP contribution in [0.25, 0.3) is 10.9 Å². The monoisotopic (exact) mass is 830 g/mol. The van der Waals surface area contributed by atoms with Crippen LogP contribution in [0.4, 0.5) is 9.18 Å². The summed E-state index contributed by atoms with van der Waals surface area (Å²) in [6, 6.07) is 8.31. The van der Waals surface area contributed by atoms with Gasteiger partial charge in [-0.2, -0.15) is 0 Å². The predicted molar refractivity (Wildman–Crippen MR) is 221 cm³/mol. The van der Waals surface area contributed by atoms with Crippen molar-refractivity contribution in [2.75, 3.05) is 34.3 Å². The number of hydrazine groups is 1. The van der Waals surface area contributed by atoms with Crippen molar-refractivity contribution >= 4 is 28.7 Å². The van der Waals surface area contributed by atoms with Crippen molar-refractivity contribution < 1.29 is 47.6 Å². The lowest BCUT2D eigenvalue weighted by Gasteiger charge is -2.48. The normalized spacial score (nSPS) is 39.0. The highest BCUT2D eigenvalue weighted by atomic mass is 19.1. The SMILES string of the molecule is CCN(CCCc1cccc2cccnc12)N1C(=O)O[C@]2(C)[C@H](C)OC(=O)C(C)(F)C(=O)[C@H](C)[C@@H](O[C@@H]3O[C@H](C)C[C@H](N(C)C)[C@H]3O)[C@@](C)(OC)C[C@@H](C)C(N)[C@@H](C)[C@@H]12. The van der Waals surface area contributed by atoms with Crippen LogP contribution in [-0.2, 0) is 39.7 Å². The van der Waals surface area contributed by atoms with Gasteiger partial charge in [0.05, 0.1) is 29.4 Å². The number of pyridine rings is 1. The first kappa shape index (κ1) is 46.8. The van der Waals surface area contributed by atoms with Crippen LogP contribution in [0.5, 0.6) is 0 Å². The number of carbonyl (C=O) groups excluding carboxylic acids is 3. The molecule has 3 saturated heterocycles. The molecule has 3 N–H and O–H groups in total. The topological polar surface area (TPSA) is 166 Å². The lowest BCUT2D eigenvalue weighted by molar-refractivity contribution is -0.296. The molecule has 4 heterocycles. The molecule has 14 atom stereocenters. The zero-order valence-corrected chi connectivity index (χ0v) is 37.0. The molecule has 5 rings (SSSR count). The third-order valence-corrected chi connectivity index (χ3v) is 13.5. The van der Waals surface area contributed by atoms with Crippen molar-refractivity contribution in [1.82, 2.24) is 19.9 Å². The molecular weight excluding hydrogens is 762 g/mol. The molecule has 14 nitrogen and oxygen atoms in total. The Morgan fingerprint density at radius 2 is 1.75 bits per heavy atom. The second-order valence-electron chi connectivity index (χ2n) is 18.0. The van der Waals surface area contributed by atoms with Crippen molar-refractivity contribution in [3.8, 4) is 0 Å². The minimum atomic E-state index is -3.15. The van der Waals surface area contributed by atoms with Gasteiger partial charge in [0.1, 0.15) is 12.2 Å². The standard InChI is InChI=1S/C44H68FN5O9/c1-13-49(22-16-20-31-18-14-17-30-19-15-21-47-34(30)31)50-36-27(4)33(46)25(2)24-42(7,55-12)38(58-39-35(51)32(48(10)11)23-26(3)56-39)28(5)37(52)43(8,45)40(53)57-29(6)44(36,9)59-41(50)54/h14-15,17-19,21,25-29,32-33,35-36,38-39,51H,13,16,20,22-24,46H2,1-12H3/t25-,26-,27-,28+,29+,32+,33?,35-,36-,38-,39+,42+,43?,44-/m1/s1. The zero-order valence-electron chi connectivity index (χ0n) is 37.0. The quantitative estimate of drug-likeness (QED) is 0.241. The van der Waals surface area contributed by atoms with Gasteiger partial charge in [-0.05, 0) is 97.9 Å². The van der Waals surface area contributed by atoms with Gasteiger partial charge in [-0.3, -0.25) is 9.78 Å². The van der Waals surface area contributed by atoms with Crippen molar-refractivity contribution in [1.29, 1.82) is 0 Å². The number of esters is 1. The number of halogens is 1. The van der Waals surface area contributed by atoms with E-state index in [2.05, 4.69) is 11.1 Å². The molecular formula is C44H68FN5O9. The average molecular weight is 830 g/mol. The number of aliphatic hydroxyl groups excluding tert-OH is 1. The molecule has 59 heavy (non-hydrogen) atoms. The summed E-state index contributed by atoms with van der Waals surface area (Å²) in [4.78, 5) is 48.8. The van der Waals surface area contributed by atoms with E-state index in [1.54, 1.807) is 32.0 Å². The summed E-state index contributed by atoms with van der Waals surface area (Å²) in [5.41, 5.74) is 3.27. The number of fused-ring (bicyclic) bond motifs is 2. The second kappa shape index (κ2) is 18.3. The third-order valence-electron chi connectivity index (χ3n) is 13.5.